The summed E-state index contributed by atoms with van der Waals surface area (Å²) in [5.74, 6) is 0.148. The molecule has 6 heteroatoms. The van der Waals surface area contributed by atoms with Crippen LogP contribution in [0, 0.1) is 0 Å². The Kier molecular flexibility index (Phi) is 5.36. The molecule has 2 N–H and O–H groups in total. The topological polar surface area (TPSA) is 72.5 Å². The molecule has 1 fully saturated rings. The summed E-state index contributed by atoms with van der Waals surface area (Å²) in [6.45, 7) is 1.82. The summed E-state index contributed by atoms with van der Waals surface area (Å²) >= 11 is 0. The van der Waals surface area contributed by atoms with E-state index >= 15 is 0 Å². The molecule has 0 aliphatic carbocycles. The number of hydrogen-bond donors (Lipinski definition) is 2. The van der Waals surface area contributed by atoms with Gasteiger partial charge < -0.3 is 14.9 Å². The van der Waals surface area contributed by atoms with E-state index in [4.69, 9.17) is 0 Å². The summed E-state index contributed by atoms with van der Waals surface area (Å²) in [6.07, 6.45) is 7.51. The van der Waals surface area contributed by atoms with Crippen LogP contribution in [0.3, 0.4) is 0 Å². The Hall–Kier alpha value is -1.40. The van der Waals surface area contributed by atoms with Gasteiger partial charge in [0.05, 0.1) is 18.3 Å². The largest absolute Gasteiger partial charge is 0.387 e. The maximum Gasteiger partial charge on any atom is 0.222 e. The van der Waals surface area contributed by atoms with Crippen LogP contribution in [0.15, 0.2) is 12.4 Å². The van der Waals surface area contributed by atoms with Crippen molar-refractivity contribution in [3.63, 3.8) is 0 Å². The van der Waals surface area contributed by atoms with Crippen LogP contribution in [-0.2, 0) is 11.2 Å². The zero-order valence-corrected chi connectivity index (χ0v) is 13.0. The first-order chi connectivity index (χ1) is 9.98. The number of nitrogens with zero attached hydrogens (tertiary/aromatic N) is 3. The van der Waals surface area contributed by atoms with Crippen molar-refractivity contribution in [2.45, 2.75) is 37.7 Å². The number of hydrogen-bond acceptors (Lipinski definition) is 4. The van der Waals surface area contributed by atoms with Gasteiger partial charge >= 0.3 is 0 Å². The van der Waals surface area contributed by atoms with Crippen LogP contribution in [0.4, 0.5) is 0 Å². The number of carbonyl (C=O) groups is 1. The lowest BCUT2D eigenvalue weighted by Crippen LogP contribution is -2.54. The smallest absolute Gasteiger partial charge is 0.222 e. The maximum atomic E-state index is 12.3. The Labute approximate surface area is 126 Å². The Morgan fingerprint density at radius 1 is 1.57 bits per heavy atom. The SMILES string of the molecule is CN(C)CC1(O)CCCN(C(=O)CCCc2cn[nH]c2)C1. The Morgan fingerprint density at radius 3 is 3.05 bits per heavy atom. The van der Waals surface area contributed by atoms with Gasteiger partial charge in [0, 0.05) is 25.7 Å². The van der Waals surface area contributed by atoms with Gasteiger partial charge in [-0.05, 0) is 45.3 Å². The van der Waals surface area contributed by atoms with Gasteiger partial charge in [0.1, 0.15) is 0 Å². The summed E-state index contributed by atoms with van der Waals surface area (Å²) in [6, 6.07) is 0. The number of amides is 1. The highest BCUT2D eigenvalue weighted by Gasteiger charge is 2.35. The normalized spacial score (nSPS) is 22.8. The van der Waals surface area contributed by atoms with Gasteiger partial charge in [-0.25, -0.2) is 0 Å². The number of aromatic amines is 1. The van der Waals surface area contributed by atoms with Crippen molar-refractivity contribution in [2.24, 2.45) is 0 Å². The second kappa shape index (κ2) is 7.04. The molecular formula is C15H26N4O2. The quantitative estimate of drug-likeness (QED) is 0.808. The number of aromatic nitrogens is 2. The molecule has 2 heterocycles. The molecule has 1 amide bonds. The Balaban J connectivity index is 1.78. The highest BCUT2D eigenvalue weighted by Crippen LogP contribution is 2.22. The third kappa shape index (κ3) is 4.82. The van der Waals surface area contributed by atoms with Crippen molar-refractivity contribution >= 4 is 5.91 Å². The number of nitrogens with one attached hydrogen (secondary N) is 1. The number of β-amino-alcohol motifs (C(OH)–C–C–N with tert-alkyl or cyclic N) is 1. The van der Waals surface area contributed by atoms with Crippen molar-refractivity contribution in [3.8, 4) is 0 Å². The molecule has 0 bridgehead atoms. The number of rotatable bonds is 6. The molecule has 0 aromatic carbocycles. The number of aryl methyl sites for hydroxylation is 1. The van der Waals surface area contributed by atoms with E-state index in [1.165, 1.54) is 0 Å². The van der Waals surface area contributed by atoms with E-state index in [2.05, 4.69) is 10.2 Å². The summed E-state index contributed by atoms with van der Waals surface area (Å²) in [4.78, 5) is 16.1. The van der Waals surface area contributed by atoms with Crippen molar-refractivity contribution in [1.82, 2.24) is 20.0 Å². The molecule has 0 saturated carbocycles. The van der Waals surface area contributed by atoms with Gasteiger partial charge in [-0.15, -0.1) is 0 Å². The Morgan fingerprint density at radius 2 is 2.38 bits per heavy atom. The number of piperidine rings is 1. The van der Waals surface area contributed by atoms with E-state index in [0.29, 0.717) is 19.5 Å². The van der Waals surface area contributed by atoms with Crippen LogP contribution in [-0.4, -0.2) is 70.3 Å². The summed E-state index contributed by atoms with van der Waals surface area (Å²) < 4.78 is 0. The number of H-pyrrole nitrogens is 1. The molecule has 21 heavy (non-hydrogen) atoms. The fourth-order valence-corrected chi connectivity index (χ4v) is 3.06. The molecule has 1 aliphatic heterocycles. The molecular weight excluding hydrogens is 268 g/mol. The second-order valence-electron chi connectivity index (χ2n) is 6.34. The van der Waals surface area contributed by atoms with Crippen LogP contribution >= 0.6 is 0 Å². The molecule has 1 aromatic rings. The van der Waals surface area contributed by atoms with Crippen LogP contribution in [0.5, 0.6) is 0 Å². The first-order valence-electron chi connectivity index (χ1n) is 7.61. The fourth-order valence-electron chi connectivity index (χ4n) is 3.06. The number of carbonyl (C=O) groups excluding carboxylic acids is 1. The van der Waals surface area contributed by atoms with Crippen molar-refractivity contribution in [3.05, 3.63) is 18.0 Å². The molecule has 1 atom stereocenters. The third-order valence-corrected chi connectivity index (χ3v) is 3.93. The Bertz CT molecular complexity index is 447. The standard InChI is InChI=1S/C15H26N4O2/c1-18(2)11-15(21)7-4-8-19(12-15)14(20)6-3-5-13-9-16-17-10-13/h9-10,21H,3-8,11-12H2,1-2H3,(H,16,17). The lowest BCUT2D eigenvalue weighted by Gasteiger charge is -2.40. The zero-order chi connectivity index (χ0) is 15.3. The minimum absolute atomic E-state index is 0.148. The monoisotopic (exact) mass is 294 g/mol. The summed E-state index contributed by atoms with van der Waals surface area (Å²) in [5, 5.41) is 17.3. The fraction of sp³-hybridized carbons (Fsp3) is 0.733. The first-order valence-corrected chi connectivity index (χ1v) is 7.61. The van der Waals surface area contributed by atoms with Gasteiger partial charge in [-0.2, -0.15) is 5.10 Å². The maximum absolute atomic E-state index is 12.3. The molecule has 1 unspecified atom stereocenters. The molecule has 1 aromatic heterocycles. The van der Waals surface area contributed by atoms with Crippen LogP contribution in [0.2, 0.25) is 0 Å². The third-order valence-electron chi connectivity index (χ3n) is 3.93. The lowest BCUT2D eigenvalue weighted by atomic mass is 9.92. The highest BCUT2D eigenvalue weighted by molar-refractivity contribution is 5.76. The van der Waals surface area contributed by atoms with Crippen molar-refractivity contribution < 1.29 is 9.90 Å². The average Bonchev–Trinajstić information content (AvgIpc) is 2.90. The second-order valence-corrected chi connectivity index (χ2v) is 6.34. The average molecular weight is 294 g/mol. The lowest BCUT2D eigenvalue weighted by molar-refractivity contribution is -0.139. The van der Waals surface area contributed by atoms with Crippen molar-refractivity contribution in [2.75, 3.05) is 33.7 Å². The minimum atomic E-state index is -0.762. The zero-order valence-electron chi connectivity index (χ0n) is 13.0. The molecule has 6 nitrogen and oxygen atoms in total. The molecule has 1 saturated heterocycles. The van der Waals surface area contributed by atoms with E-state index in [9.17, 15) is 9.90 Å². The highest BCUT2D eigenvalue weighted by atomic mass is 16.3. The van der Waals surface area contributed by atoms with E-state index in [-0.39, 0.29) is 5.91 Å². The molecule has 0 spiro atoms. The van der Waals surface area contributed by atoms with Crippen molar-refractivity contribution in [1.29, 1.82) is 0 Å². The molecule has 1 aliphatic rings. The molecule has 118 valence electrons. The predicted octanol–water partition coefficient (Wildman–Crippen LogP) is 0.647. The number of likely N-dealkylation sites (tertiary alicyclic amines) is 1. The first kappa shape index (κ1) is 16.0. The van der Waals surface area contributed by atoms with Gasteiger partial charge in [0.2, 0.25) is 5.91 Å². The molecule has 2 rings (SSSR count). The number of likely N-dealkylation sites (N-methyl/N-ethyl adjacent to an activating group) is 1. The minimum Gasteiger partial charge on any atom is -0.387 e. The van der Waals surface area contributed by atoms with Gasteiger partial charge in [0.25, 0.3) is 0 Å². The summed E-state index contributed by atoms with van der Waals surface area (Å²) in [5.41, 5.74) is 0.368. The van der Waals surface area contributed by atoms with Crippen LogP contribution in [0.25, 0.3) is 0 Å². The van der Waals surface area contributed by atoms with Gasteiger partial charge in [0.15, 0.2) is 0 Å². The van der Waals surface area contributed by atoms with Gasteiger partial charge in [-0.1, -0.05) is 0 Å². The van der Waals surface area contributed by atoms with E-state index in [1.54, 1.807) is 6.20 Å². The van der Waals surface area contributed by atoms with Crippen LogP contribution < -0.4 is 0 Å². The van der Waals surface area contributed by atoms with Gasteiger partial charge in [-0.3, -0.25) is 9.89 Å². The summed E-state index contributed by atoms with van der Waals surface area (Å²) in [7, 11) is 3.90. The number of aliphatic hydroxyl groups is 1. The van der Waals surface area contributed by atoms with E-state index in [1.807, 2.05) is 30.1 Å². The predicted molar refractivity (Wildman–Crippen MR) is 80.8 cm³/mol. The van der Waals surface area contributed by atoms with Crippen LogP contribution in [0.1, 0.15) is 31.2 Å². The van der Waals surface area contributed by atoms with E-state index < -0.39 is 5.60 Å². The van der Waals surface area contributed by atoms with E-state index in [0.717, 1.165) is 37.8 Å². The molecule has 0 radical (unpaired) electrons.